The molecule has 1 aliphatic rings. The summed E-state index contributed by atoms with van der Waals surface area (Å²) in [6, 6.07) is 14.9. The number of ether oxygens (including phenoxy) is 2. The number of para-hydroxylation sites is 1. The summed E-state index contributed by atoms with van der Waals surface area (Å²) in [5.41, 5.74) is 1.57. The van der Waals surface area contributed by atoms with Crippen molar-refractivity contribution < 1.29 is 19.1 Å². The van der Waals surface area contributed by atoms with Gasteiger partial charge >= 0.3 is 0 Å². The van der Waals surface area contributed by atoms with E-state index >= 15 is 0 Å². The zero-order valence-electron chi connectivity index (χ0n) is 16.8. The van der Waals surface area contributed by atoms with Gasteiger partial charge in [-0.3, -0.25) is 9.59 Å². The first-order valence-corrected chi connectivity index (χ1v) is 9.65. The van der Waals surface area contributed by atoms with Crippen molar-refractivity contribution in [1.82, 2.24) is 4.90 Å². The Morgan fingerprint density at radius 3 is 2.41 bits per heavy atom. The van der Waals surface area contributed by atoms with Crippen LogP contribution in [-0.2, 0) is 9.59 Å². The Hall–Kier alpha value is -3.28. The molecule has 1 heterocycles. The van der Waals surface area contributed by atoms with Gasteiger partial charge in [-0.05, 0) is 49.2 Å². The Kier molecular flexibility index (Phi) is 6.89. The average molecular weight is 394 g/mol. The van der Waals surface area contributed by atoms with E-state index in [1.54, 1.807) is 37.3 Å². The second kappa shape index (κ2) is 9.78. The van der Waals surface area contributed by atoms with Crippen molar-refractivity contribution in [3.05, 3.63) is 60.2 Å². The van der Waals surface area contributed by atoms with Crippen molar-refractivity contribution in [1.29, 1.82) is 0 Å². The van der Waals surface area contributed by atoms with Gasteiger partial charge in [0.05, 0.1) is 14.2 Å². The van der Waals surface area contributed by atoms with E-state index in [0.29, 0.717) is 37.4 Å². The zero-order valence-corrected chi connectivity index (χ0v) is 16.8. The van der Waals surface area contributed by atoms with Crippen molar-refractivity contribution in [2.24, 2.45) is 5.92 Å². The van der Waals surface area contributed by atoms with Gasteiger partial charge in [0.2, 0.25) is 11.8 Å². The minimum atomic E-state index is -0.0817. The number of methoxy groups -OCH3 is 2. The highest BCUT2D eigenvalue weighted by molar-refractivity contribution is 5.94. The van der Waals surface area contributed by atoms with Crippen molar-refractivity contribution in [3.8, 4) is 11.5 Å². The fourth-order valence-electron chi connectivity index (χ4n) is 3.36. The van der Waals surface area contributed by atoms with E-state index in [2.05, 4.69) is 5.32 Å². The van der Waals surface area contributed by atoms with Gasteiger partial charge in [-0.2, -0.15) is 0 Å². The maximum atomic E-state index is 12.6. The summed E-state index contributed by atoms with van der Waals surface area (Å²) in [5, 5.41) is 2.94. The smallest absolute Gasteiger partial charge is 0.246 e. The second-order valence-corrected chi connectivity index (χ2v) is 6.90. The lowest BCUT2D eigenvalue weighted by atomic mass is 9.95. The molecular formula is C23H26N2O4. The summed E-state index contributed by atoms with van der Waals surface area (Å²) in [6.07, 6.45) is 4.58. The van der Waals surface area contributed by atoms with Gasteiger partial charge in [0.25, 0.3) is 0 Å². The molecule has 0 atom stereocenters. The van der Waals surface area contributed by atoms with Crippen LogP contribution in [0, 0.1) is 5.92 Å². The second-order valence-electron chi connectivity index (χ2n) is 6.90. The highest BCUT2D eigenvalue weighted by Gasteiger charge is 2.26. The lowest BCUT2D eigenvalue weighted by Gasteiger charge is -2.30. The van der Waals surface area contributed by atoms with Crippen molar-refractivity contribution in [3.63, 3.8) is 0 Å². The number of likely N-dealkylation sites (tertiary alicyclic amines) is 1. The number of carbonyl (C=O) groups is 2. The van der Waals surface area contributed by atoms with E-state index in [9.17, 15) is 9.59 Å². The number of piperidine rings is 1. The number of hydrogen-bond acceptors (Lipinski definition) is 4. The largest absolute Gasteiger partial charge is 0.497 e. The Bertz CT molecular complexity index is 872. The Morgan fingerprint density at radius 1 is 1.03 bits per heavy atom. The summed E-state index contributed by atoms with van der Waals surface area (Å²) in [6.45, 7) is 1.12. The number of rotatable bonds is 6. The van der Waals surface area contributed by atoms with Gasteiger partial charge in [-0.1, -0.05) is 18.2 Å². The monoisotopic (exact) mass is 394 g/mol. The third-order valence-corrected chi connectivity index (χ3v) is 5.06. The molecule has 0 spiro atoms. The minimum absolute atomic E-state index is 0.0139. The number of anilines is 1. The molecule has 1 N–H and O–H groups in total. The molecule has 1 saturated heterocycles. The first kappa shape index (κ1) is 20.5. The Balaban J connectivity index is 1.55. The molecule has 0 radical (unpaired) electrons. The zero-order chi connectivity index (χ0) is 20.6. The lowest BCUT2D eigenvalue weighted by Crippen LogP contribution is -2.40. The molecule has 0 aromatic heterocycles. The fraction of sp³-hybridized carbons (Fsp3) is 0.304. The summed E-state index contributed by atoms with van der Waals surface area (Å²) >= 11 is 0. The topological polar surface area (TPSA) is 67.9 Å². The number of nitrogens with zero attached hydrogens (tertiary/aromatic N) is 1. The van der Waals surface area contributed by atoms with Crippen LogP contribution >= 0.6 is 0 Å². The summed E-state index contributed by atoms with van der Waals surface area (Å²) in [7, 11) is 3.19. The van der Waals surface area contributed by atoms with Crippen LogP contribution in [0.25, 0.3) is 6.08 Å². The van der Waals surface area contributed by atoms with Crippen LogP contribution in [-0.4, -0.2) is 44.0 Å². The van der Waals surface area contributed by atoms with E-state index in [1.165, 1.54) is 0 Å². The highest BCUT2D eigenvalue weighted by atomic mass is 16.5. The SMILES string of the molecule is COc1ccc(OC)c(/C=C/C(=O)N2CCC(C(=O)Nc3ccccc3)CC2)c1. The molecule has 29 heavy (non-hydrogen) atoms. The van der Waals surface area contributed by atoms with Gasteiger partial charge in [0.15, 0.2) is 0 Å². The van der Waals surface area contributed by atoms with E-state index < -0.39 is 0 Å². The molecule has 0 bridgehead atoms. The molecule has 2 aromatic rings. The molecule has 0 saturated carbocycles. The highest BCUT2D eigenvalue weighted by Crippen LogP contribution is 2.25. The maximum Gasteiger partial charge on any atom is 0.246 e. The Labute approximate surface area is 171 Å². The Morgan fingerprint density at radius 2 is 1.76 bits per heavy atom. The third-order valence-electron chi connectivity index (χ3n) is 5.06. The van der Waals surface area contributed by atoms with Gasteiger partial charge in [-0.15, -0.1) is 0 Å². The first-order chi connectivity index (χ1) is 14.1. The first-order valence-electron chi connectivity index (χ1n) is 9.65. The normalized spacial score (nSPS) is 14.6. The summed E-state index contributed by atoms with van der Waals surface area (Å²) in [5.74, 6) is 1.23. The number of amides is 2. The van der Waals surface area contributed by atoms with Crippen LogP contribution in [0.4, 0.5) is 5.69 Å². The van der Waals surface area contributed by atoms with Crippen molar-refractivity contribution in [2.75, 3.05) is 32.6 Å². The van der Waals surface area contributed by atoms with Crippen LogP contribution < -0.4 is 14.8 Å². The van der Waals surface area contributed by atoms with Crippen LogP contribution in [0.3, 0.4) is 0 Å². The average Bonchev–Trinajstić information content (AvgIpc) is 2.78. The van der Waals surface area contributed by atoms with Gasteiger partial charge in [0.1, 0.15) is 11.5 Å². The lowest BCUT2D eigenvalue weighted by molar-refractivity contribution is -0.130. The number of carbonyl (C=O) groups excluding carboxylic acids is 2. The van der Waals surface area contributed by atoms with Gasteiger partial charge in [0, 0.05) is 36.3 Å². The molecule has 3 rings (SSSR count). The minimum Gasteiger partial charge on any atom is -0.497 e. The summed E-state index contributed by atoms with van der Waals surface area (Å²) < 4.78 is 10.6. The number of hydrogen-bond donors (Lipinski definition) is 1. The number of nitrogens with one attached hydrogen (secondary N) is 1. The van der Waals surface area contributed by atoms with Gasteiger partial charge in [-0.25, -0.2) is 0 Å². The molecule has 0 unspecified atom stereocenters. The number of benzene rings is 2. The van der Waals surface area contributed by atoms with Crippen LogP contribution in [0.1, 0.15) is 18.4 Å². The third kappa shape index (κ3) is 5.38. The molecule has 0 aliphatic carbocycles. The van der Waals surface area contributed by atoms with E-state index in [4.69, 9.17) is 9.47 Å². The van der Waals surface area contributed by atoms with Crippen LogP contribution in [0.2, 0.25) is 0 Å². The predicted molar refractivity (Wildman–Crippen MR) is 113 cm³/mol. The standard InChI is InChI=1S/C23H26N2O4/c1-28-20-9-10-21(29-2)18(16-20)8-11-22(26)25-14-12-17(13-15-25)23(27)24-19-6-4-3-5-7-19/h3-11,16-17H,12-15H2,1-2H3,(H,24,27)/b11-8+. The van der Waals surface area contributed by atoms with Crippen LogP contribution in [0.5, 0.6) is 11.5 Å². The van der Waals surface area contributed by atoms with Crippen molar-refractivity contribution >= 4 is 23.6 Å². The maximum absolute atomic E-state index is 12.6. The molecule has 6 heteroatoms. The predicted octanol–water partition coefficient (Wildman–Crippen LogP) is 3.59. The molecule has 2 amide bonds. The van der Waals surface area contributed by atoms with E-state index in [1.807, 2.05) is 42.5 Å². The quantitative estimate of drug-likeness (QED) is 0.761. The molecule has 152 valence electrons. The van der Waals surface area contributed by atoms with E-state index in [-0.39, 0.29) is 17.7 Å². The van der Waals surface area contributed by atoms with Crippen LogP contribution in [0.15, 0.2) is 54.6 Å². The van der Waals surface area contributed by atoms with Crippen molar-refractivity contribution in [2.45, 2.75) is 12.8 Å². The van der Waals surface area contributed by atoms with Gasteiger partial charge < -0.3 is 19.7 Å². The molecule has 1 fully saturated rings. The molecule has 2 aromatic carbocycles. The molecular weight excluding hydrogens is 368 g/mol. The molecule has 6 nitrogen and oxygen atoms in total. The molecule has 1 aliphatic heterocycles. The fourth-order valence-corrected chi connectivity index (χ4v) is 3.36. The summed E-state index contributed by atoms with van der Waals surface area (Å²) in [4.78, 5) is 26.8. The van der Waals surface area contributed by atoms with E-state index in [0.717, 1.165) is 11.3 Å².